The monoisotopic (exact) mass is 253 g/mol. The van der Waals surface area contributed by atoms with E-state index in [1.807, 2.05) is 0 Å². The first-order valence-corrected chi connectivity index (χ1v) is 7.01. The first-order chi connectivity index (χ1) is 7.86. The summed E-state index contributed by atoms with van der Waals surface area (Å²) in [6, 6.07) is 5.21. The van der Waals surface area contributed by atoms with Crippen LogP contribution in [0, 0.1) is 17.2 Å². The normalized spacial score (nSPS) is 12.8. The fraction of sp³-hybridized carbons (Fsp3) is 0.455. The van der Waals surface area contributed by atoms with Crippen LogP contribution in [0.25, 0.3) is 0 Å². The number of aromatic nitrogens is 1. The van der Waals surface area contributed by atoms with E-state index in [0.29, 0.717) is 12.4 Å². The minimum atomic E-state index is -3.31. The summed E-state index contributed by atoms with van der Waals surface area (Å²) in [7, 11) is -1.58. The van der Waals surface area contributed by atoms with E-state index in [0.717, 1.165) is 6.26 Å². The maximum atomic E-state index is 11.6. The third-order valence-electron chi connectivity index (χ3n) is 2.28. The van der Waals surface area contributed by atoms with Crippen molar-refractivity contribution in [3.8, 4) is 6.07 Å². The largest absolute Gasteiger partial charge is 0.357 e. The zero-order valence-corrected chi connectivity index (χ0v) is 10.9. The first-order valence-electron chi connectivity index (χ1n) is 5.12. The van der Waals surface area contributed by atoms with Crippen LogP contribution in [-0.4, -0.2) is 33.2 Å². The van der Waals surface area contributed by atoms with E-state index < -0.39 is 9.84 Å². The van der Waals surface area contributed by atoms with Gasteiger partial charge in [0.25, 0.3) is 0 Å². The molecule has 1 atom stereocenters. The van der Waals surface area contributed by atoms with Gasteiger partial charge in [-0.3, -0.25) is 0 Å². The second-order valence-electron chi connectivity index (χ2n) is 4.01. The molecule has 92 valence electrons. The van der Waals surface area contributed by atoms with Gasteiger partial charge in [0, 0.05) is 26.0 Å². The molecule has 0 fully saturated rings. The van der Waals surface area contributed by atoms with E-state index in [1.165, 1.54) is 12.3 Å². The van der Waals surface area contributed by atoms with Gasteiger partial charge in [-0.2, -0.15) is 5.26 Å². The summed E-state index contributed by atoms with van der Waals surface area (Å²) < 4.78 is 23.2. The highest BCUT2D eigenvalue weighted by Crippen LogP contribution is 2.21. The van der Waals surface area contributed by atoms with E-state index in [1.54, 1.807) is 24.9 Å². The van der Waals surface area contributed by atoms with Crippen molar-refractivity contribution in [2.75, 3.05) is 24.7 Å². The maximum Gasteiger partial charge on any atom is 0.179 e. The number of sulfone groups is 1. The third kappa shape index (κ3) is 3.43. The summed E-state index contributed by atoms with van der Waals surface area (Å²) in [5.41, 5.74) is 0. The Morgan fingerprint density at radius 2 is 2.24 bits per heavy atom. The fourth-order valence-corrected chi connectivity index (χ4v) is 2.36. The lowest BCUT2D eigenvalue weighted by atomic mass is 10.2. The Morgan fingerprint density at radius 3 is 2.76 bits per heavy atom. The topological polar surface area (TPSA) is 74.1 Å². The molecule has 1 unspecified atom stereocenters. The molecular weight excluding hydrogens is 238 g/mol. The van der Waals surface area contributed by atoms with Gasteiger partial charge >= 0.3 is 0 Å². The lowest BCUT2D eigenvalue weighted by Gasteiger charge is -2.21. The van der Waals surface area contributed by atoms with E-state index in [4.69, 9.17) is 5.26 Å². The second kappa shape index (κ2) is 5.15. The summed E-state index contributed by atoms with van der Waals surface area (Å²) in [5, 5.41) is 8.74. The molecular formula is C11H15N3O2S. The molecule has 0 spiro atoms. The van der Waals surface area contributed by atoms with E-state index in [-0.39, 0.29) is 10.8 Å². The zero-order valence-electron chi connectivity index (χ0n) is 10.1. The van der Waals surface area contributed by atoms with Crippen molar-refractivity contribution in [1.29, 1.82) is 5.26 Å². The molecule has 0 aliphatic rings. The van der Waals surface area contributed by atoms with Gasteiger partial charge in [0.2, 0.25) is 0 Å². The van der Waals surface area contributed by atoms with Crippen LogP contribution < -0.4 is 4.90 Å². The molecule has 0 aliphatic carbocycles. The quantitative estimate of drug-likeness (QED) is 0.802. The first kappa shape index (κ1) is 13.5. The number of pyridine rings is 1. The van der Waals surface area contributed by atoms with Crippen LogP contribution in [-0.2, 0) is 9.84 Å². The van der Waals surface area contributed by atoms with Crippen LogP contribution in [0.1, 0.15) is 6.92 Å². The average Bonchev–Trinajstić information content (AvgIpc) is 2.27. The van der Waals surface area contributed by atoms with E-state index >= 15 is 0 Å². The number of rotatable bonds is 4. The van der Waals surface area contributed by atoms with Gasteiger partial charge in [-0.05, 0) is 19.1 Å². The highest BCUT2D eigenvalue weighted by Gasteiger charge is 2.18. The minimum absolute atomic E-state index is 0.186. The molecule has 0 amide bonds. The number of hydrogen-bond donors (Lipinski definition) is 0. The number of anilines is 1. The molecule has 1 heterocycles. The lowest BCUT2D eigenvalue weighted by molar-refractivity contribution is 0.600. The molecule has 0 aromatic carbocycles. The van der Waals surface area contributed by atoms with Crippen LogP contribution >= 0.6 is 0 Å². The smallest absolute Gasteiger partial charge is 0.179 e. The van der Waals surface area contributed by atoms with Crippen LogP contribution in [0.15, 0.2) is 23.2 Å². The fourth-order valence-electron chi connectivity index (χ4n) is 1.50. The van der Waals surface area contributed by atoms with Gasteiger partial charge in [0.15, 0.2) is 9.84 Å². The van der Waals surface area contributed by atoms with Crippen LogP contribution in [0.4, 0.5) is 5.82 Å². The van der Waals surface area contributed by atoms with Gasteiger partial charge < -0.3 is 4.90 Å². The number of hydrogen-bond acceptors (Lipinski definition) is 5. The highest BCUT2D eigenvalue weighted by molar-refractivity contribution is 7.90. The highest BCUT2D eigenvalue weighted by atomic mass is 32.2. The summed E-state index contributed by atoms with van der Waals surface area (Å²) in [6.07, 6.45) is 2.69. The van der Waals surface area contributed by atoms with Crippen LogP contribution in [0.5, 0.6) is 0 Å². The molecule has 0 bridgehead atoms. The van der Waals surface area contributed by atoms with E-state index in [2.05, 4.69) is 11.1 Å². The molecule has 17 heavy (non-hydrogen) atoms. The van der Waals surface area contributed by atoms with Crippen LogP contribution in [0.3, 0.4) is 0 Å². The average molecular weight is 253 g/mol. The Hall–Kier alpha value is -1.61. The molecule has 0 saturated carbocycles. The second-order valence-corrected chi connectivity index (χ2v) is 5.99. The third-order valence-corrected chi connectivity index (χ3v) is 3.40. The lowest BCUT2D eigenvalue weighted by Crippen LogP contribution is -2.25. The van der Waals surface area contributed by atoms with Gasteiger partial charge in [-0.1, -0.05) is 0 Å². The Kier molecular flexibility index (Phi) is 4.07. The minimum Gasteiger partial charge on any atom is -0.357 e. The SMILES string of the molecule is CC(C#N)CN(C)c1ncccc1S(C)(=O)=O. The summed E-state index contributed by atoms with van der Waals surface area (Å²) >= 11 is 0. The molecule has 1 rings (SSSR count). The van der Waals surface area contributed by atoms with Crippen molar-refractivity contribution in [2.24, 2.45) is 5.92 Å². The molecule has 1 aromatic heterocycles. The van der Waals surface area contributed by atoms with Crippen molar-refractivity contribution in [2.45, 2.75) is 11.8 Å². The van der Waals surface area contributed by atoms with Gasteiger partial charge in [0.1, 0.15) is 10.7 Å². The molecule has 1 aromatic rings. The number of nitrogens with zero attached hydrogens (tertiary/aromatic N) is 3. The molecule has 0 N–H and O–H groups in total. The van der Waals surface area contributed by atoms with Crippen molar-refractivity contribution in [1.82, 2.24) is 4.98 Å². The summed E-state index contributed by atoms with van der Waals surface area (Å²) in [4.78, 5) is 5.94. The Balaban J connectivity index is 3.11. The Labute approximate surface area is 102 Å². The Morgan fingerprint density at radius 1 is 1.59 bits per heavy atom. The van der Waals surface area contributed by atoms with Crippen LogP contribution in [0.2, 0.25) is 0 Å². The van der Waals surface area contributed by atoms with Gasteiger partial charge in [-0.25, -0.2) is 13.4 Å². The predicted molar refractivity (Wildman–Crippen MR) is 65.4 cm³/mol. The Bertz CT molecular complexity index is 534. The summed E-state index contributed by atoms with van der Waals surface area (Å²) in [5.74, 6) is 0.200. The van der Waals surface area contributed by atoms with Crippen molar-refractivity contribution < 1.29 is 8.42 Å². The molecule has 6 heteroatoms. The van der Waals surface area contributed by atoms with Gasteiger partial charge in [-0.15, -0.1) is 0 Å². The van der Waals surface area contributed by atoms with Gasteiger partial charge in [0.05, 0.1) is 12.0 Å². The molecule has 0 aliphatic heterocycles. The predicted octanol–water partition coefficient (Wildman–Crippen LogP) is 1.08. The standard InChI is InChI=1S/C11H15N3O2S/c1-9(7-12)8-14(2)11-10(17(3,15)16)5-4-6-13-11/h4-6,9H,8H2,1-3H3. The van der Waals surface area contributed by atoms with E-state index in [9.17, 15) is 8.42 Å². The zero-order chi connectivity index (χ0) is 13.1. The number of nitriles is 1. The molecule has 5 nitrogen and oxygen atoms in total. The van der Waals surface area contributed by atoms with Crippen molar-refractivity contribution >= 4 is 15.7 Å². The van der Waals surface area contributed by atoms with Crippen molar-refractivity contribution in [3.05, 3.63) is 18.3 Å². The molecule has 0 radical (unpaired) electrons. The molecule has 0 saturated heterocycles. The van der Waals surface area contributed by atoms with Crippen molar-refractivity contribution in [3.63, 3.8) is 0 Å². The summed E-state index contributed by atoms with van der Waals surface area (Å²) in [6.45, 7) is 2.22. The maximum absolute atomic E-state index is 11.6.